The monoisotopic (exact) mass is 230 g/mol. The quantitative estimate of drug-likeness (QED) is 0.877. The van der Waals surface area contributed by atoms with E-state index >= 15 is 0 Å². The first-order valence-electron chi connectivity index (χ1n) is 5.48. The van der Waals surface area contributed by atoms with Crippen LogP contribution < -0.4 is 0 Å². The van der Waals surface area contributed by atoms with E-state index in [0.717, 1.165) is 17.1 Å². The number of imidazole rings is 1. The molecule has 0 unspecified atom stereocenters. The predicted molar refractivity (Wildman–Crippen MR) is 64.7 cm³/mol. The van der Waals surface area contributed by atoms with Gasteiger partial charge >= 0.3 is 5.97 Å². The van der Waals surface area contributed by atoms with Crippen molar-refractivity contribution >= 4 is 5.97 Å². The summed E-state index contributed by atoms with van der Waals surface area (Å²) >= 11 is 0. The molecule has 4 heteroatoms. The molecule has 0 bridgehead atoms. The first-order chi connectivity index (χ1) is 8.16. The highest BCUT2D eigenvalue weighted by Gasteiger charge is 2.07. The van der Waals surface area contributed by atoms with Crippen molar-refractivity contribution in [3.05, 3.63) is 42.4 Å². The van der Waals surface area contributed by atoms with Gasteiger partial charge in [0.1, 0.15) is 5.82 Å². The van der Waals surface area contributed by atoms with E-state index in [-0.39, 0.29) is 6.42 Å². The lowest BCUT2D eigenvalue weighted by Crippen LogP contribution is -2.04. The van der Waals surface area contributed by atoms with E-state index in [0.29, 0.717) is 6.54 Å². The Morgan fingerprint density at radius 3 is 2.71 bits per heavy atom. The van der Waals surface area contributed by atoms with Crippen LogP contribution in [0.3, 0.4) is 0 Å². The second kappa shape index (κ2) is 4.82. The van der Waals surface area contributed by atoms with Gasteiger partial charge in [0.25, 0.3) is 0 Å². The summed E-state index contributed by atoms with van der Waals surface area (Å²) in [5.41, 5.74) is 1.93. The first-order valence-corrected chi connectivity index (χ1v) is 5.48. The van der Waals surface area contributed by atoms with Gasteiger partial charge in [-0.25, -0.2) is 4.98 Å². The number of carboxylic acids is 1. The molecule has 1 heterocycles. The van der Waals surface area contributed by atoms with Crippen molar-refractivity contribution in [3.8, 4) is 11.3 Å². The topological polar surface area (TPSA) is 55.1 Å². The summed E-state index contributed by atoms with van der Waals surface area (Å²) in [5, 5.41) is 8.66. The van der Waals surface area contributed by atoms with Crippen LogP contribution in [0.2, 0.25) is 0 Å². The van der Waals surface area contributed by atoms with Crippen molar-refractivity contribution < 1.29 is 9.90 Å². The average Bonchev–Trinajstić information content (AvgIpc) is 2.69. The molecule has 17 heavy (non-hydrogen) atoms. The Balaban J connectivity index is 2.22. The van der Waals surface area contributed by atoms with E-state index in [2.05, 4.69) is 4.98 Å². The fourth-order valence-corrected chi connectivity index (χ4v) is 1.70. The minimum Gasteiger partial charge on any atom is -0.481 e. The minimum atomic E-state index is -0.792. The molecule has 0 saturated heterocycles. The molecule has 0 atom stereocenters. The molecule has 1 aromatic carbocycles. The van der Waals surface area contributed by atoms with Gasteiger partial charge in [-0.1, -0.05) is 30.3 Å². The van der Waals surface area contributed by atoms with Crippen molar-refractivity contribution in [2.24, 2.45) is 0 Å². The lowest BCUT2D eigenvalue weighted by molar-refractivity contribution is -0.137. The standard InChI is InChI=1S/C13H14N2O2/c1-10-14-12(11-5-3-2-4-6-11)9-15(10)8-7-13(16)17/h2-6,9H,7-8H2,1H3,(H,16,17). The second-order valence-electron chi connectivity index (χ2n) is 3.88. The van der Waals surface area contributed by atoms with E-state index in [9.17, 15) is 4.79 Å². The maximum absolute atomic E-state index is 10.5. The number of carboxylic acid groups (broad SMARTS) is 1. The summed E-state index contributed by atoms with van der Waals surface area (Å²) in [6.45, 7) is 2.34. The number of aliphatic carboxylic acids is 1. The maximum atomic E-state index is 10.5. The molecule has 0 aliphatic rings. The van der Waals surface area contributed by atoms with E-state index < -0.39 is 5.97 Å². The number of carbonyl (C=O) groups is 1. The lowest BCUT2D eigenvalue weighted by Gasteiger charge is -2.00. The van der Waals surface area contributed by atoms with Crippen molar-refractivity contribution in [1.29, 1.82) is 0 Å². The molecule has 88 valence electrons. The molecule has 0 aliphatic carbocycles. The summed E-state index contributed by atoms with van der Waals surface area (Å²) in [6, 6.07) is 9.85. The zero-order valence-corrected chi connectivity index (χ0v) is 9.63. The van der Waals surface area contributed by atoms with Crippen molar-refractivity contribution in [2.75, 3.05) is 0 Å². The van der Waals surface area contributed by atoms with Crippen LogP contribution in [0, 0.1) is 6.92 Å². The number of nitrogens with zero attached hydrogens (tertiary/aromatic N) is 2. The molecule has 2 rings (SSSR count). The van der Waals surface area contributed by atoms with E-state index in [1.54, 1.807) is 0 Å². The summed E-state index contributed by atoms with van der Waals surface area (Å²) < 4.78 is 1.87. The number of benzene rings is 1. The van der Waals surface area contributed by atoms with Crippen LogP contribution in [0.1, 0.15) is 12.2 Å². The Morgan fingerprint density at radius 1 is 1.35 bits per heavy atom. The fraction of sp³-hybridized carbons (Fsp3) is 0.231. The molecular weight excluding hydrogens is 216 g/mol. The molecular formula is C13H14N2O2. The van der Waals surface area contributed by atoms with Crippen LogP contribution in [-0.4, -0.2) is 20.6 Å². The maximum Gasteiger partial charge on any atom is 0.305 e. The molecule has 0 amide bonds. The normalized spacial score (nSPS) is 10.4. The molecule has 0 spiro atoms. The van der Waals surface area contributed by atoms with Crippen molar-refractivity contribution in [3.63, 3.8) is 0 Å². The molecule has 4 nitrogen and oxygen atoms in total. The summed E-state index contributed by atoms with van der Waals surface area (Å²) in [4.78, 5) is 15.0. The zero-order chi connectivity index (χ0) is 12.3. The Kier molecular flexibility index (Phi) is 3.23. The molecule has 0 radical (unpaired) electrons. The van der Waals surface area contributed by atoms with Crippen molar-refractivity contribution in [1.82, 2.24) is 9.55 Å². The third-order valence-corrected chi connectivity index (χ3v) is 2.61. The number of hydrogen-bond donors (Lipinski definition) is 1. The Hall–Kier alpha value is -2.10. The molecule has 0 aliphatic heterocycles. The highest BCUT2D eigenvalue weighted by atomic mass is 16.4. The van der Waals surface area contributed by atoms with Gasteiger partial charge in [0.05, 0.1) is 12.1 Å². The summed E-state index contributed by atoms with van der Waals surface area (Å²) in [6.07, 6.45) is 2.01. The minimum absolute atomic E-state index is 0.116. The van der Waals surface area contributed by atoms with Crippen molar-refractivity contribution in [2.45, 2.75) is 19.9 Å². The number of rotatable bonds is 4. The van der Waals surface area contributed by atoms with Gasteiger partial charge in [0, 0.05) is 18.3 Å². The van der Waals surface area contributed by atoms with Gasteiger partial charge < -0.3 is 9.67 Å². The highest BCUT2D eigenvalue weighted by molar-refractivity contribution is 5.66. The third kappa shape index (κ3) is 2.72. The SMILES string of the molecule is Cc1nc(-c2ccccc2)cn1CCC(=O)O. The third-order valence-electron chi connectivity index (χ3n) is 2.61. The van der Waals surface area contributed by atoms with Gasteiger partial charge in [0.2, 0.25) is 0 Å². The fourth-order valence-electron chi connectivity index (χ4n) is 1.70. The zero-order valence-electron chi connectivity index (χ0n) is 9.63. The van der Waals surface area contributed by atoms with Gasteiger partial charge in [0.15, 0.2) is 0 Å². The second-order valence-corrected chi connectivity index (χ2v) is 3.88. The number of aryl methyl sites for hydroxylation is 2. The van der Waals surface area contributed by atoms with Crippen LogP contribution in [0.5, 0.6) is 0 Å². The average molecular weight is 230 g/mol. The van der Waals surface area contributed by atoms with Crippen LogP contribution in [0.4, 0.5) is 0 Å². The predicted octanol–water partition coefficient (Wildman–Crippen LogP) is 2.33. The molecule has 1 N–H and O–H groups in total. The van der Waals surface area contributed by atoms with Gasteiger partial charge in [-0.3, -0.25) is 4.79 Å². The van der Waals surface area contributed by atoms with Gasteiger partial charge in [-0.15, -0.1) is 0 Å². The Bertz CT molecular complexity index is 517. The van der Waals surface area contributed by atoms with Gasteiger partial charge in [-0.05, 0) is 6.92 Å². The Morgan fingerprint density at radius 2 is 2.06 bits per heavy atom. The smallest absolute Gasteiger partial charge is 0.305 e. The molecule has 1 aromatic heterocycles. The van der Waals surface area contributed by atoms with Gasteiger partial charge in [-0.2, -0.15) is 0 Å². The Labute approximate surface area is 99.5 Å². The van der Waals surface area contributed by atoms with E-state index in [4.69, 9.17) is 5.11 Å². The largest absolute Gasteiger partial charge is 0.481 e. The van der Waals surface area contributed by atoms with Crippen LogP contribution in [0.25, 0.3) is 11.3 Å². The molecule has 0 saturated carbocycles. The van der Waals surface area contributed by atoms with Crippen LogP contribution >= 0.6 is 0 Å². The highest BCUT2D eigenvalue weighted by Crippen LogP contribution is 2.18. The van der Waals surface area contributed by atoms with Crippen LogP contribution in [-0.2, 0) is 11.3 Å². The number of aromatic nitrogens is 2. The van der Waals surface area contributed by atoms with E-state index in [1.165, 1.54) is 0 Å². The number of hydrogen-bond acceptors (Lipinski definition) is 2. The lowest BCUT2D eigenvalue weighted by atomic mass is 10.2. The van der Waals surface area contributed by atoms with Crippen LogP contribution in [0.15, 0.2) is 36.5 Å². The first kappa shape index (κ1) is 11.4. The summed E-state index contributed by atoms with van der Waals surface area (Å²) in [7, 11) is 0. The molecule has 2 aromatic rings. The summed E-state index contributed by atoms with van der Waals surface area (Å²) in [5.74, 6) is 0.0458. The van der Waals surface area contributed by atoms with E-state index in [1.807, 2.05) is 48.0 Å². The molecule has 0 fully saturated rings.